The summed E-state index contributed by atoms with van der Waals surface area (Å²) in [6, 6.07) is 2.01. The summed E-state index contributed by atoms with van der Waals surface area (Å²) in [5.74, 6) is -3.42. The molecule has 0 saturated carbocycles. The molecule has 1 rings (SSSR count). The van der Waals surface area contributed by atoms with Gasteiger partial charge in [-0.1, -0.05) is 32.6 Å². The summed E-state index contributed by atoms with van der Waals surface area (Å²) in [7, 11) is 0. The van der Waals surface area contributed by atoms with Gasteiger partial charge in [-0.3, -0.25) is 9.59 Å². The van der Waals surface area contributed by atoms with Crippen LogP contribution >= 0.6 is 0 Å². The van der Waals surface area contributed by atoms with Crippen molar-refractivity contribution >= 4 is 11.8 Å². The standard InChI is InChI=1S/C15H20F2N2O2/c1-2-3-4-5-6-13(14(18)20)19-15(21)10-7-8-11(16)12(17)9-10/h7-9,13H,2-6H2,1H3,(H2,18,20)(H,19,21)/t13-/m0/s1. The topological polar surface area (TPSA) is 72.2 Å². The molecule has 0 unspecified atom stereocenters. The van der Waals surface area contributed by atoms with Crippen LogP contribution in [0.2, 0.25) is 0 Å². The van der Waals surface area contributed by atoms with Crippen LogP contribution in [0.25, 0.3) is 0 Å². The van der Waals surface area contributed by atoms with Gasteiger partial charge in [-0.15, -0.1) is 0 Å². The van der Waals surface area contributed by atoms with E-state index in [1.54, 1.807) is 0 Å². The van der Waals surface area contributed by atoms with Gasteiger partial charge in [-0.2, -0.15) is 0 Å². The minimum atomic E-state index is -1.11. The van der Waals surface area contributed by atoms with Gasteiger partial charge < -0.3 is 11.1 Å². The predicted molar refractivity (Wildman–Crippen MR) is 75.6 cm³/mol. The molecule has 0 aliphatic carbocycles. The molecule has 6 heteroatoms. The molecule has 1 aromatic rings. The van der Waals surface area contributed by atoms with E-state index in [-0.39, 0.29) is 5.56 Å². The Morgan fingerprint density at radius 2 is 1.90 bits per heavy atom. The van der Waals surface area contributed by atoms with E-state index in [0.29, 0.717) is 6.42 Å². The highest BCUT2D eigenvalue weighted by Crippen LogP contribution is 2.10. The van der Waals surface area contributed by atoms with Crippen molar-refractivity contribution in [3.63, 3.8) is 0 Å². The van der Waals surface area contributed by atoms with Crippen LogP contribution in [-0.4, -0.2) is 17.9 Å². The number of carbonyl (C=O) groups is 2. The molecule has 4 nitrogen and oxygen atoms in total. The lowest BCUT2D eigenvalue weighted by Crippen LogP contribution is -2.44. The molecule has 0 saturated heterocycles. The highest BCUT2D eigenvalue weighted by Gasteiger charge is 2.19. The van der Waals surface area contributed by atoms with Gasteiger partial charge in [0.15, 0.2) is 11.6 Å². The maximum absolute atomic E-state index is 13.1. The summed E-state index contributed by atoms with van der Waals surface area (Å²) in [6.07, 6.45) is 4.25. The van der Waals surface area contributed by atoms with E-state index in [2.05, 4.69) is 12.2 Å². The van der Waals surface area contributed by atoms with E-state index in [0.717, 1.165) is 43.9 Å². The molecule has 0 heterocycles. The highest BCUT2D eigenvalue weighted by atomic mass is 19.2. The first-order chi connectivity index (χ1) is 9.95. The number of unbranched alkanes of at least 4 members (excludes halogenated alkanes) is 3. The van der Waals surface area contributed by atoms with Crippen molar-refractivity contribution in [3.8, 4) is 0 Å². The Morgan fingerprint density at radius 3 is 2.48 bits per heavy atom. The number of hydrogen-bond donors (Lipinski definition) is 2. The zero-order chi connectivity index (χ0) is 15.8. The molecular weight excluding hydrogens is 278 g/mol. The van der Waals surface area contributed by atoms with Crippen LogP contribution in [0.15, 0.2) is 18.2 Å². The van der Waals surface area contributed by atoms with E-state index < -0.39 is 29.5 Å². The summed E-state index contributed by atoms with van der Waals surface area (Å²) < 4.78 is 25.9. The highest BCUT2D eigenvalue weighted by molar-refractivity contribution is 5.97. The Morgan fingerprint density at radius 1 is 1.19 bits per heavy atom. The van der Waals surface area contributed by atoms with Crippen LogP contribution in [0.1, 0.15) is 49.4 Å². The number of rotatable bonds is 8. The van der Waals surface area contributed by atoms with Crippen LogP contribution < -0.4 is 11.1 Å². The van der Waals surface area contributed by atoms with Gasteiger partial charge in [0.2, 0.25) is 5.91 Å². The predicted octanol–water partition coefficient (Wildman–Crippen LogP) is 2.52. The van der Waals surface area contributed by atoms with E-state index in [4.69, 9.17) is 5.73 Å². The molecule has 0 aliphatic heterocycles. The third kappa shape index (κ3) is 5.49. The quantitative estimate of drug-likeness (QED) is 0.724. The van der Waals surface area contributed by atoms with E-state index >= 15 is 0 Å². The minimum Gasteiger partial charge on any atom is -0.368 e. The van der Waals surface area contributed by atoms with Crippen molar-refractivity contribution < 1.29 is 18.4 Å². The SMILES string of the molecule is CCCCCC[C@H](NC(=O)c1ccc(F)c(F)c1)C(N)=O. The Hall–Kier alpha value is -1.98. The zero-order valence-electron chi connectivity index (χ0n) is 12.0. The van der Waals surface area contributed by atoms with Crippen molar-refractivity contribution in [1.29, 1.82) is 0 Å². The van der Waals surface area contributed by atoms with E-state index in [1.165, 1.54) is 0 Å². The first kappa shape index (κ1) is 17.1. The largest absolute Gasteiger partial charge is 0.368 e. The second kappa shape index (κ2) is 8.34. The van der Waals surface area contributed by atoms with Gasteiger partial charge in [0.25, 0.3) is 5.91 Å². The van der Waals surface area contributed by atoms with Gasteiger partial charge in [-0.05, 0) is 24.6 Å². The molecule has 0 fully saturated rings. The number of halogens is 2. The summed E-state index contributed by atoms with van der Waals surface area (Å²) in [5, 5.41) is 2.45. The average molecular weight is 298 g/mol. The van der Waals surface area contributed by atoms with Crippen molar-refractivity contribution in [2.75, 3.05) is 0 Å². The summed E-state index contributed by atoms with van der Waals surface area (Å²) >= 11 is 0. The van der Waals surface area contributed by atoms with E-state index in [1.807, 2.05) is 0 Å². The lowest BCUT2D eigenvalue weighted by atomic mass is 10.1. The Kier molecular flexibility index (Phi) is 6.78. The van der Waals surface area contributed by atoms with Crippen molar-refractivity contribution in [1.82, 2.24) is 5.32 Å². The first-order valence-corrected chi connectivity index (χ1v) is 7.01. The molecule has 21 heavy (non-hydrogen) atoms. The second-order valence-electron chi connectivity index (χ2n) is 4.91. The van der Waals surface area contributed by atoms with Gasteiger partial charge in [-0.25, -0.2) is 8.78 Å². The number of primary amides is 1. The number of amides is 2. The normalized spacial score (nSPS) is 12.0. The van der Waals surface area contributed by atoms with Gasteiger partial charge in [0.1, 0.15) is 6.04 Å². The number of hydrogen-bond acceptors (Lipinski definition) is 2. The molecule has 0 spiro atoms. The lowest BCUT2D eigenvalue weighted by Gasteiger charge is -2.15. The van der Waals surface area contributed by atoms with Crippen molar-refractivity contribution in [2.24, 2.45) is 5.73 Å². The maximum atomic E-state index is 13.1. The third-order valence-corrected chi connectivity index (χ3v) is 3.18. The zero-order valence-corrected chi connectivity index (χ0v) is 12.0. The molecular formula is C15H20F2N2O2. The van der Waals surface area contributed by atoms with Crippen molar-refractivity contribution in [3.05, 3.63) is 35.4 Å². The molecule has 1 atom stereocenters. The molecule has 116 valence electrons. The number of benzene rings is 1. The molecule has 0 aliphatic rings. The van der Waals surface area contributed by atoms with Crippen LogP contribution in [0.4, 0.5) is 8.78 Å². The van der Waals surface area contributed by atoms with Crippen LogP contribution in [0, 0.1) is 11.6 Å². The fourth-order valence-electron chi connectivity index (χ4n) is 1.94. The van der Waals surface area contributed by atoms with E-state index in [9.17, 15) is 18.4 Å². The molecule has 0 bridgehead atoms. The van der Waals surface area contributed by atoms with Crippen LogP contribution in [0.5, 0.6) is 0 Å². The molecule has 1 aromatic carbocycles. The summed E-state index contributed by atoms with van der Waals surface area (Å²) in [4.78, 5) is 23.2. The smallest absolute Gasteiger partial charge is 0.252 e. The monoisotopic (exact) mass is 298 g/mol. The van der Waals surface area contributed by atoms with Gasteiger partial charge in [0.05, 0.1) is 0 Å². The average Bonchev–Trinajstić information content (AvgIpc) is 2.44. The summed E-state index contributed by atoms with van der Waals surface area (Å²) in [5.41, 5.74) is 5.20. The maximum Gasteiger partial charge on any atom is 0.252 e. The number of nitrogens with one attached hydrogen (secondary N) is 1. The van der Waals surface area contributed by atoms with Crippen LogP contribution in [-0.2, 0) is 4.79 Å². The molecule has 3 N–H and O–H groups in total. The number of carbonyl (C=O) groups excluding carboxylic acids is 2. The molecule has 0 radical (unpaired) electrons. The Labute approximate surface area is 122 Å². The molecule has 0 aromatic heterocycles. The lowest BCUT2D eigenvalue weighted by molar-refractivity contribution is -0.120. The van der Waals surface area contributed by atoms with Crippen molar-refractivity contribution in [2.45, 2.75) is 45.1 Å². The first-order valence-electron chi connectivity index (χ1n) is 7.01. The fraction of sp³-hybridized carbons (Fsp3) is 0.467. The fourth-order valence-corrected chi connectivity index (χ4v) is 1.94. The Bertz CT molecular complexity index is 506. The summed E-state index contributed by atoms with van der Waals surface area (Å²) in [6.45, 7) is 2.07. The van der Waals surface area contributed by atoms with Gasteiger partial charge in [0, 0.05) is 5.56 Å². The van der Waals surface area contributed by atoms with Gasteiger partial charge >= 0.3 is 0 Å². The Balaban J connectivity index is 2.63. The van der Waals surface area contributed by atoms with Crippen LogP contribution in [0.3, 0.4) is 0 Å². The minimum absolute atomic E-state index is 0.0475. The third-order valence-electron chi connectivity index (χ3n) is 3.18. The number of nitrogens with two attached hydrogens (primary N) is 1. The second-order valence-corrected chi connectivity index (χ2v) is 4.91. The molecule has 2 amide bonds.